The first-order chi connectivity index (χ1) is 10.7. The van der Waals surface area contributed by atoms with E-state index in [-0.39, 0.29) is 17.3 Å². The van der Waals surface area contributed by atoms with Crippen LogP contribution in [-0.4, -0.2) is 16.0 Å². The predicted octanol–water partition coefficient (Wildman–Crippen LogP) is 4.76. The first-order valence-corrected chi connectivity index (χ1v) is 8.14. The third-order valence-electron chi connectivity index (χ3n) is 3.43. The summed E-state index contributed by atoms with van der Waals surface area (Å²) in [5, 5.41) is 4.05. The van der Waals surface area contributed by atoms with Crippen LogP contribution in [0.2, 0.25) is 0 Å². The molecule has 22 heavy (non-hydrogen) atoms. The number of anilines is 2. The molecule has 0 aliphatic carbocycles. The van der Waals surface area contributed by atoms with Crippen LogP contribution in [0, 0.1) is 5.82 Å². The Morgan fingerprint density at radius 1 is 1.23 bits per heavy atom. The quantitative estimate of drug-likeness (QED) is 0.807. The molecule has 5 heteroatoms. The van der Waals surface area contributed by atoms with Crippen LogP contribution < -0.4 is 11.1 Å². The van der Waals surface area contributed by atoms with Crippen molar-refractivity contribution in [3.05, 3.63) is 24.0 Å². The molecule has 0 bridgehead atoms. The highest BCUT2D eigenvalue weighted by Gasteiger charge is 2.13. The van der Waals surface area contributed by atoms with Crippen LogP contribution in [0.25, 0.3) is 10.9 Å². The number of hydrogen-bond donors (Lipinski definition) is 2. The van der Waals surface area contributed by atoms with E-state index in [1.165, 1.54) is 6.07 Å². The van der Waals surface area contributed by atoms with Gasteiger partial charge in [0.25, 0.3) is 0 Å². The maximum Gasteiger partial charge on any atom is 0.222 e. The van der Waals surface area contributed by atoms with E-state index in [0.717, 1.165) is 25.7 Å². The molecule has 1 aromatic heterocycles. The average molecular weight is 306 g/mol. The lowest BCUT2D eigenvalue weighted by Crippen LogP contribution is -2.20. The molecule has 2 rings (SSSR count). The van der Waals surface area contributed by atoms with Crippen molar-refractivity contribution in [2.24, 2.45) is 0 Å². The third-order valence-corrected chi connectivity index (χ3v) is 3.43. The van der Waals surface area contributed by atoms with Gasteiger partial charge in [-0.3, -0.25) is 0 Å². The SMILES string of the molecule is CC.CCCC[C@@H](CC)Nc1nc(N)nc2c(F)cccc12. The van der Waals surface area contributed by atoms with Crippen LogP contribution in [-0.2, 0) is 0 Å². The Morgan fingerprint density at radius 2 is 1.95 bits per heavy atom. The fourth-order valence-corrected chi connectivity index (χ4v) is 2.27. The van der Waals surface area contributed by atoms with Gasteiger partial charge in [-0.1, -0.05) is 46.6 Å². The zero-order valence-corrected chi connectivity index (χ0v) is 14.0. The number of unbranched alkanes of at least 4 members (excludes halogenated alkanes) is 1. The Labute approximate surface area is 132 Å². The molecule has 0 spiro atoms. The first-order valence-electron chi connectivity index (χ1n) is 8.14. The van der Waals surface area contributed by atoms with Crippen LogP contribution >= 0.6 is 0 Å². The summed E-state index contributed by atoms with van der Waals surface area (Å²) in [6.45, 7) is 8.29. The van der Waals surface area contributed by atoms with E-state index >= 15 is 0 Å². The van der Waals surface area contributed by atoms with Gasteiger partial charge in [-0.25, -0.2) is 9.37 Å². The highest BCUT2D eigenvalue weighted by molar-refractivity contribution is 5.90. The summed E-state index contributed by atoms with van der Waals surface area (Å²) in [5.74, 6) is 0.339. The summed E-state index contributed by atoms with van der Waals surface area (Å²) in [5.41, 5.74) is 5.95. The number of hydrogen-bond acceptors (Lipinski definition) is 4. The Balaban J connectivity index is 0.00000116. The molecule has 0 unspecified atom stereocenters. The minimum absolute atomic E-state index is 0.0930. The topological polar surface area (TPSA) is 63.8 Å². The summed E-state index contributed by atoms with van der Waals surface area (Å²) >= 11 is 0. The zero-order valence-electron chi connectivity index (χ0n) is 14.0. The summed E-state index contributed by atoms with van der Waals surface area (Å²) in [7, 11) is 0. The number of para-hydroxylation sites is 1. The van der Waals surface area contributed by atoms with E-state index in [1.54, 1.807) is 6.07 Å². The molecule has 4 nitrogen and oxygen atoms in total. The summed E-state index contributed by atoms with van der Waals surface area (Å²) in [6.07, 6.45) is 4.35. The normalized spacial score (nSPS) is 11.7. The number of benzene rings is 1. The molecule has 2 aromatic rings. The molecule has 0 saturated heterocycles. The van der Waals surface area contributed by atoms with Crippen molar-refractivity contribution >= 4 is 22.7 Å². The molecule has 0 radical (unpaired) electrons. The van der Waals surface area contributed by atoms with Crippen molar-refractivity contribution in [3.8, 4) is 0 Å². The van der Waals surface area contributed by atoms with Crippen LogP contribution in [0.5, 0.6) is 0 Å². The number of nitrogens with two attached hydrogens (primary N) is 1. The van der Waals surface area contributed by atoms with Gasteiger partial charge in [0.2, 0.25) is 5.95 Å². The number of aromatic nitrogens is 2. The standard InChI is InChI=1S/C15H21FN4.C2H6/c1-3-5-7-10(4-2)18-14-11-8-6-9-12(16)13(11)19-15(17)20-14;1-2/h6,8-10H,3-5,7H2,1-2H3,(H3,17,18,19,20);1-2H3/t10-;/m1./s1. The zero-order chi connectivity index (χ0) is 16.5. The molecule has 0 saturated carbocycles. The fourth-order valence-electron chi connectivity index (χ4n) is 2.27. The van der Waals surface area contributed by atoms with E-state index in [9.17, 15) is 4.39 Å². The Kier molecular flexibility index (Phi) is 7.57. The molecule has 0 amide bonds. The van der Waals surface area contributed by atoms with Gasteiger partial charge in [-0.2, -0.15) is 4.98 Å². The molecule has 0 aliphatic heterocycles. The molecule has 122 valence electrons. The van der Waals surface area contributed by atoms with E-state index in [4.69, 9.17) is 5.73 Å². The van der Waals surface area contributed by atoms with Crippen molar-refractivity contribution < 1.29 is 4.39 Å². The van der Waals surface area contributed by atoms with Gasteiger partial charge in [0.05, 0.1) is 0 Å². The number of rotatable bonds is 6. The van der Waals surface area contributed by atoms with Crippen molar-refractivity contribution in [1.82, 2.24) is 9.97 Å². The van der Waals surface area contributed by atoms with Crippen molar-refractivity contribution in [1.29, 1.82) is 0 Å². The van der Waals surface area contributed by atoms with Gasteiger partial charge < -0.3 is 11.1 Å². The molecular formula is C17H27FN4. The van der Waals surface area contributed by atoms with Crippen LogP contribution in [0.4, 0.5) is 16.2 Å². The fraction of sp³-hybridized carbons (Fsp3) is 0.529. The van der Waals surface area contributed by atoms with Crippen molar-refractivity contribution in [3.63, 3.8) is 0 Å². The van der Waals surface area contributed by atoms with Crippen molar-refractivity contribution in [2.45, 2.75) is 59.4 Å². The minimum atomic E-state index is -0.374. The number of fused-ring (bicyclic) bond motifs is 1. The second-order valence-electron chi connectivity index (χ2n) is 4.96. The minimum Gasteiger partial charge on any atom is -0.368 e. The summed E-state index contributed by atoms with van der Waals surface area (Å²) in [6, 6.07) is 5.17. The number of nitrogens with one attached hydrogen (secondary N) is 1. The second kappa shape index (κ2) is 9.18. The molecule has 0 aliphatic rings. The molecule has 1 aromatic carbocycles. The van der Waals surface area contributed by atoms with Gasteiger partial charge >= 0.3 is 0 Å². The highest BCUT2D eigenvalue weighted by atomic mass is 19.1. The van der Waals surface area contributed by atoms with E-state index < -0.39 is 0 Å². The molecule has 1 atom stereocenters. The maximum absolute atomic E-state index is 13.8. The smallest absolute Gasteiger partial charge is 0.222 e. The van der Waals surface area contributed by atoms with E-state index in [1.807, 2.05) is 19.9 Å². The Morgan fingerprint density at radius 3 is 2.59 bits per heavy atom. The lowest BCUT2D eigenvalue weighted by molar-refractivity contribution is 0.592. The monoisotopic (exact) mass is 306 g/mol. The second-order valence-corrected chi connectivity index (χ2v) is 4.96. The Bertz CT molecular complexity index is 586. The molecular weight excluding hydrogens is 279 g/mol. The summed E-state index contributed by atoms with van der Waals surface area (Å²) in [4.78, 5) is 8.21. The van der Waals surface area contributed by atoms with Gasteiger partial charge in [-0.05, 0) is 25.0 Å². The van der Waals surface area contributed by atoms with Crippen LogP contribution in [0.3, 0.4) is 0 Å². The van der Waals surface area contributed by atoms with Crippen molar-refractivity contribution in [2.75, 3.05) is 11.1 Å². The average Bonchev–Trinajstić information content (AvgIpc) is 2.54. The molecule has 0 fully saturated rings. The Hall–Kier alpha value is -1.91. The van der Waals surface area contributed by atoms with E-state index in [2.05, 4.69) is 29.1 Å². The largest absolute Gasteiger partial charge is 0.368 e. The first kappa shape index (κ1) is 18.1. The van der Waals surface area contributed by atoms with Crippen LogP contribution in [0.15, 0.2) is 18.2 Å². The van der Waals surface area contributed by atoms with Gasteiger partial charge in [-0.15, -0.1) is 0 Å². The highest BCUT2D eigenvalue weighted by Crippen LogP contribution is 2.24. The van der Waals surface area contributed by atoms with Gasteiger partial charge in [0.15, 0.2) is 0 Å². The lowest BCUT2D eigenvalue weighted by atomic mass is 10.1. The molecule has 1 heterocycles. The number of nitrogen functional groups attached to an aromatic ring is 1. The summed E-state index contributed by atoms with van der Waals surface area (Å²) < 4.78 is 13.8. The number of halogens is 1. The maximum atomic E-state index is 13.8. The third kappa shape index (κ3) is 4.55. The predicted molar refractivity (Wildman–Crippen MR) is 92.5 cm³/mol. The molecule has 3 N–H and O–H groups in total. The lowest BCUT2D eigenvalue weighted by Gasteiger charge is -2.18. The van der Waals surface area contributed by atoms with Gasteiger partial charge in [0, 0.05) is 11.4 Å². The van der Waals surface area contributed by atoms with E-state index in [0.29, 0.717) is 17.2 Å². The van der Waals surface area contributed by atoms with Crippen LogP contribution in [0.1, 0.15) is 53.4 Å². The number of nitrogens with zero attached hydrogens (tertiary/aromatic N) is 2. The van der Waals surface area contributed by atoms with Gasteiger partial charge in [0.1, 0.15) is 17.2 Å².